The Bertz CT molecular complexity index is 745. The fraction of sp³-hybridized carbons (Fsp3) is 0.471. The molecule has 1 aliphatic carbocycles. The Labute approximate surface area is 139 Å². The molecule has 2 aliphatic rings. The second-order valence-electron chi connectivity index (χ2n) is 6.42. The van der Waals surface area contributed by atoms with E-state index in [0.29, 0.717) is 25.5 Å². The fourth-order valence-corrected chi connectivity index (χ4v) is 3.29. The van der Waals surface area contributed by atoms with Gasteiger partial charge in [-0.15, -0.1) is 0 Å². The van der Waals surface area contributed by atoms with E-state index in [1.165, 1.54) is 12.1 Å². The Morgan fingerprint density at radius 3 is 2.88 bits per heavy atom. The summed E-state index contributed by atoms with van der Waals surface area (Å²) in [5.74, 6) is 1.41. The normalized spacial score (nSPS) is 26.4. The lowest BCUT2D eigenvalue weighted by Gasteiger charge is -2.32. The summed E-state index contributed by atoms with van der Waals surface area (Å²) in [6.45, 7) is 3.38. The van der Waals surface area contributed by atoms with Crippen molar-refractivity contribution in [1.82, 2.24) is 20.1 Å². The van der Waals surface area contributed by atoms with Crippen molar-refractivity contribution in [3.8, 4) is 0 Å². The molecule has 2 aromatic rings. The first kappa shape index (κ1) is 15.3. The Morgan fingerprint density at radius 2 is 2.17 bits per heavy atom. The van der Waals surface area contributed by atoms with Gasteiger partial charge in [-0.1, -0.05) is 12.1 Å². The van der Waals surface area contributed by atoms with Crippen LogP contribution in [0.25, 0.3) is 0 Å². The van der Waals surface area contributed by atoms with Gasteiger partial charge >= 0.3 is 0 Å². The number of carbonyl (C=O) groups excluding carboxylic acids is 1. The van der Waals surface area contributed by atoms with E-state index in [1.54, 1.807) is 12.1 Å². The van der Waals surface area contributed by atoms with Crippen LogP contribution in [0.5, 0.6) is 0 Å². The van der Waals surface area contributed by atoms with Crippen molar-refractivity contribution in [3.05, 3.63) is 47.3 Å². The number of aromatic amines is 1. The van der Waals surface area contributed by atoms with Crippen LogP contribution in [0.1, 0.15) is 35.7 Å². The third-order valence-corrected chi connectivity index (χ3v) is 4.69. The van der Waals surface area contributed by atoms with Crippen LogP contribution in [-0.4, -0.2) is 45.7 Å². The van der Waals surface area contributed by atoms with Crippen molar-refractivity contribution in [1.29, 1.82) is 0 Å². The van der Waals surface area contributed by atoms with E-state index in [2.05, 4.69) is 15.2 Å². The van der Waals surface area contributed by atoms with Gasteiger partial charge in [-0.25, -0.2) is 9.37 Å². The van der Waals surface area contributed by atoms with E-state index in [-0.39, 0.29) is 29.7 Å². The van der Waals surface area contributed by atoms with Crippen LogP contribution in [0.4, 0.5) is 4.39 Å². The zero-order valence-corrected chi connectivity index (χ0v) is 13.4. The third kappa shape index (κ3) is 2.91. The minimum atomic E-state index is -0.282. The molecule has 0 spiro atoms. The molecule has 2 heterocycles. The number of aryl methyl sites for hydroxylation is 1. The fourth-order valence-electron chi connectivity index (χ4n) is 3.29. The van der Waals surface area contributed by atoms with Gasteiger partial charge in [0.25, 0.3) is 0 Å². The molecule has 3 atom stereocenters. The Hall–Kier alpha value is -2.28. The molecule has 0 unspecified atom stereocenters. The minimum absolute atomic E-state index is 0.0110. The van der Waals surface area contributed by atoms with Crippen molar-refractivity contribution in [2.75, 3.05) is 19.7 Å². The maximum absolute atomic E-state index is 13.0. The van der Waals surface area contributed by atoms with Crippen molar-refractivity contribution >= 4 is 5.91 Å². The van der Waals surface area contributed by atoms with E-state index < -0.39 is 0 Å². The van der Waals surface area contributed by atoms with Crippen molar-refractivity contribution in [2.45, 2.75) is 25.4 Å². The molecule has 0 bridgehead atoms. The molecule has 1 N–H and O–H groups in total. The van der Waals surface area contributed by atoms with Crippen LogP contribution in [0.3, 0.4) is 0 Å². The second-order valence-corrected chi connectivity index (χ2v) is 6.42. The molecule has 1 saturated carbocycles. The summed E-state index contributed by atoms with van der Waals surface area (Å²) in [6, 6.07) is 6.44. The minimum Gasteiger partial charge on any atom is -0.366 e. The maximum Gasteiger partial charge on any atom is 0.226 e. The summed E-state index contributed by atoms with van der Waals surface area (Å²) < 4.78 is 18.7. The number of halogens is 1. The Morgan fingerprint density at radius 1 is 1.38 bits per heavy atom. The summed E-state index contributed by atoms with van der Waals surface area (Å²) in [5, 5.41) is 6.93. The molecular weight excluding hydrogens is 311 g/mol. The summed E-state index contributed by atoms with van der Waals surface area (Å²) >= 11 is 0. The monoisotopic (exact) mass is 330 g/mol. The molecule has 126 valence electrons. The van der Waals surface area contributed by atoms with Crippen LogP contribution < -0.4 is 0 Å². The number of nitrogens with zero attached hydrogens (tertiary/aromatic N) is 3. The number of benzene rings is 1. The van der Waals surface area contributed by atoms with E-state index in [0.717, 1.165) is 17.8 Å². The molecule has 1 aliphatic heterocycles. The van der Waals surface area contributed by atoms with Gasteiger partial charge in [-0.05, 0) is 37.0 Å². The molecule has 2 fully saturated rings. The lowest BCUT2D eigenvalue weighted by atomic mass is 10.1. The van der Waals surface area contributed by atoms with E-state index in [4.69, 9.17) is 4.74 Å². The van der Waals surface area contributed by atoms with Crippen LogP contribution in [0, 0.1) is 18.7 Å². The predicted octanol–water partition coefficient (Wildman–Crippen LogP) is 1.96. The van der Waals surface area contributed by atoms with Gasteiger partial charge in [-0.2, -0.15) is 5.10 Å². The van der Waals surface area contributed by atoms with Crippen LogP contribution in [0.2, 0.25) is 0 Å². The maximum atomic E-state index is 13.0. The van der Waals surface area contributed by atoms with Crippen molar-refractivity contribution in [2.24, 2.45) is 5.92 Å². The molecule has 1 aromatic carbocycles. The standard InChI is InChI=1S/C17H19FN4O2/c1-10-19-16(21-20-10)15-9-22(6-7-24-15)17(23)14-8-13(14)11-2-4-12(18)5-3-11/h2-5,13-15H,6-9H2,1H3,(H,19,20,21)/t13-,14+,15-/m0/s1. The lowest BCUT2D eigenvalue weighted by Crippen LogP contribution is -2.43. The highest BCUT2D eigenvalue weighted by molar-refractivity contribution is 5.83. The highest BCUT2D eigenvalue weighted by atomic mass is 19.1. The molecule has 4 rings (SSSR count). The predicted molar refractivity (Wildman–Crippen MR) is 83.6 cm³/mol. The number of H-pyrrole nitrogens is 1. The van der Waals surface area contributed by atoms with Crippen molar-refractivity contribution in [3.63, 3.8) is 0 Å². The van der Waals surface area contributed by atoms with E-state index in [1.807, 2.05) is 11.8 Å². The quantitative estimate of drug-likeness (QED) is 0.934. The zero-order chi connectivity index (χ0) is 16.7. The Kier molecular flexibility index (Phi) is 3.80. The number of aromatic nitrogens is 3. The number of hydrogen-bond donors (Lipinski definition) is 1. The van der Waals surface area contributed by atoms with E-state index in [9.17, 15) is 9.18 Å². The number of morpholine rings is 1. The first-order chi connectivity index (χ1) is 11.6. The summed E-state index contributed by atoms with van der Waals surface area (Å²) in [7, 11) is 0. The zero-order valence-electron chi connectivity index (χ0n) is 13.4. The van der Waals surface area contributed by atoms with Crippen LogP contribution >= 0.6 is 0 Å². The topological polar surface area (TPSA) is 71.1 Å². The average molecular weight is 330 g/mol. The molecular formula is C17H19FN4O2. The number of amides is 1. The van der Waals surface area contributed by atoms with Gasteiger partial charge in [0.15, 0.2) is 5.82 Å². The SMILES string of the molecule is Cc1nc([C@@H]2CN(C(=O)[C@@H]3C[C@H]3c3ccc(F)cc3)CCO2)n[nH]1. The Balaban J connectivity index is 1.41. The average Bonchev–Trinajstić information content (AvgIpc) is 3.28. The lowest BCUT2D eigenvalue weighted by molar-refractivity contribution is -0.140. The first-order valence-corrected chi connectivity index (χ1v) is 8.16. The van der Waals surface area contributed by atoms with Crippen LogP contribution in [-0.2, 0) is 9.53 Å². The largest absolute Gasteiger partial charge is 0.366 e. The van der Waals surface area contributed by atoms with Gasteiger partial charge in [0.05, 0.1) is 13.2 Å². The van der Waals surface area contributed by atoms with Crippen LogP contribution in [0.15, 0.2) is 24.3 Å². The molecule has 1 amide bonds. The molecule has 1 aromatic heterocycles. The number of nitrogens with one attached hydrogen (secondary N) is 1. The third-order valence-electron chi connectivity index (χ3n) is 4.69. The van der Waals surface area contributed by atoms with Gasteiger partial charge in [-0.3, -0.25) is 9.89 Å². The smallest absolute Gasteiger partial charge is 0.226 e. The number of hydrogen-bond acceptors (Lipinski definition) is 4. The molecule has 1 saturated heterocycles. The number of ether oxygens (including phenoxy) is 1. The highest BCUT2D eigenvalue weighted by Gasteiger charge is 2.46. The first-order valence-electron chi connectivity index (χ1n) is 8.16. The van der Waals surface area contributed by atoms with Gasteiger partial charge in [0, 0.05) is 12.5 Å². The van der Waals surface area contributed by atoms with Gasteiger partial charge in [0.1, 0.15) is 17.7 Å². The van der Waals surface area contributed by atoms with Gasteiger partial charge in [0.2, 0.25) is 5.91 Å². The number of rotatable bonds is 3. The summed E-state index contributed by atoms with van der Waals surface area (Å²) in [4.78, 5) is 18.9. The van der Waals surface area contributed by atoms with Crippen molar-refractivity contribution < 1.29 is 13.9 Å². The summed E-state index contributed by atoms with van der Waals surface area (Å²) in [6.07, 6.45) is 0.544. The molecule has 0 radical (unpaired) electrons. The summed E-state index contributed by atoms with van der Waals surface area (Å²) in [5.41, 5.74) is 1.03. The molecule has 7 heteroatoms. The highest BCUT2D eigenvalue weighted by Crippen LogP contribution is 2.48. The second kappa shape index (κ2) is 5.98. The molecule has 6 nitrogen and oxygen atoms in total. The number of carbonyl (C=O) groups is 1. The van der Waals surface area contributed by atoms with E-state index >= 15 is 0 Å². The van der Waals surface area contributed by atoms with Gasteiger partial charge < -0.3 is 9.64 Å². The molecule has 24 heavy (non-hydrogen) atoms.